The summed E-state index contributed by atoms with van der Waals surface area (Å²) < 4.78 is 28.2. The molecule has 9 nitrogen and oxygen atoms in total. The summed E-state index contributed by atoms with van der Waals surface area (Å²) in [5.41, 5.74) is -0.0394. The highest BCUT2D eigenvalue weighted by Gasteiger charge is 2.12. The second-order valence-electron chi connectivity index (χ2n) is 4.54. The smallest absolute Gasteiger partial charge is 0.310 e. The second-order valence-corrected chi connectivity index (χ2v) is 5.11. The number of nitrogens with two attached hydrogens (primary N) is 1. The lowest BCUT2D eigenvalue weighted by Crippen LogP contribution is -2.36. The molecule has 1 aliphatic rings. The Labute approximate surface area is 141 Å². The molecule has 1 aliphatic heterocycles. The van der Waals surface area contributed by atoms with Crippen molar-refractivity contribution in [2.24, 2.45) is 5.14 Å². The van der Waals surface area contributed by atoms with Crippen LogP contribution in [0.25, 0.3) is 0 Å². The molecule has 1 aromatic rings. The molecule has 1 saturated heterocycles. The van der Waals surface area contributed by atoms with Gasteiger partial charge in [-0.2, -0.15) is 0 Å². The Morgan fingerprint density at radius 2 is 1.92 bits per heavy atom. The molecule has 2 rings (SSSR count). The van der Waals surface area contributed by atoms with Crippen LogP contribution in [0.1, 0.15) is 0 Å². The van der Waals surface area contributed by atoms with Gasteiger partial charge in [-0.25, -0.2) is 13.6 Å². The molecule has 132 valence electrons. The number of hydrogen-bond acceptors (Lipinski definition) is 7. The number of morpholine rings is 1. The molecular formula is C14H19N3O6S. The maximum atomic E-state index is 10.8. The van der Waals surface area contributed by atoms with Gasteiger partial charge in [0.15, 0.2) is 16.6 Å². The molecule has 2 N–H and O–H groups in total. The zero-order chi connectivity index (χ0) is 17.8. The van der Waals surface area contributed by atoms with Crippen molar-refractivity contribution in [3.05, 3.63) is 34.4 Å². The topological polar surface area (TPSA) is 125 Å². The predicted molar refractivity (Wildman–Crippen MR) is 88.1 cm³/mol. The van der Waals surface area contributed by atoms with Crippen molar-refractivity contribution < 1.29 is 22.8 Å². The van der Waals surface area contributed by atoms with Gasteiger partial charge in [0.25, 0.3) is 0 Å². The van der Waals surface area contributed by atoms with Crippen LogP contribution in [0.2, 0.25) is 0 Å². The summed E-state index contributed by atoms with van der Waals surface area (Å²) in [6, 6.07) is 6.29. The van der Waals surface area contributed by atoms with Gasteiger partial charge in [0.05, 0.1) is 24.7 Å². The van der Waals surface area contributed by atoms with Gasteiger partial charge < -0.3 is 9.47 Å². The van der Waals surface area contributed by atoms with Crippen LogP contribution in [0.5, 0.6) is 5.75 Å². The normalized spacial score (nSPS) is 14.1. The molecule has 1 aromatic carbocycles. The van der Waals surface area contributed by atoms with Crippen LogP contribution in [-0.4, -0.2) is 57.7 Å². The molecular weight excluding hydrogens is 338 g/mol. The second kappa shape index (κ2) is 11.4. The summed E-state index contributed by atoms with van der Waals surface area (Å²) in [6.45, 7) is 4.08. The van der Waals surface area contributed by atoms with E-state index >= 15 is 0 Å². The van der Waals surface area contributed by atoms with Crippen LogP contribution >= 0.6 is 0 Å². The van der Waals surface area contributed by atoms with E-state index in [2.05, 4.69) is 21.9 Å². The number of nitrogens with zero attached hydrogens (tertiary/aromatic N) is 2. The number of thiol groups is 1. The molecule has 24 heavy (non-hydrogen) atoms. The van der Waals surface area contributed by atoms with Gasteiger partial charge in [0.2, 0.25) is 0 Å². The van der Waals surface area contributed by atoms with Crippen molar-refractivity contribution in [3.8, 4) is 17.6 Å². The Kier molecular flexibility index (Phi) is 9.40. The lowest BCUT2D eigenvalue weighted by Gasteiger charge is -2.24. The number of ether oxygens (including phenoxy) is 2. The quantitative estimate of drug-likeness (QED) is 0.330. The van der Waals surface area contributed by atoms with Gasteiger partial charge in [-0.1, -0.05) is 24.0 Å². The first kappa shape index (κ1) is 19.9. The average Bonchev–Trinajstić information content (AvgIpc) is 2.55. The molecule has 0 unspecified atom stereocenters. The zero-order valence-electron chi connectivity index (χ0n) is 12.9. The molecule has 0 aliphatic carbocycles. The van der Waals surface area contributed by atoms with E-state index in [4.69, 9.17) is 17.9 Å². The summed E-state index contributed by atoms with van der Waals surface area (Å²) in [6.07, 6.45) is 0. The van der Waals surface area contributed by atoms with E-state index in [0.29, 0.717) is 6.54 Å². The number of rotatable bonds is 4. The Hall–Kier alpha value is -2.19. The molecule has 1 heterocycles. The lowest BCUT2D eigenvalue weighted by molar-refractivity contribution is -0.385. The Morgan fingerprint density at radius 1 is 1.29 bits per heavy atom. The molecule has 0 spiro atoms. The molecule has 10 heteroatoms. The Balaban J connectivity index is 0.000000648. The van der Waals surface area contributed by atoms with E-state index in [1.54, 1.807) is 18.2 Å². The molecule has 0 aromatic heterocycles. The van der Waals surface area contributed by atoms with E-state index in [-0.39, 0.29) is 18.0 Å². The van der Waals surface area contributed by atoms with Crippen LogP contribution in [0.3, 0.4) is 0 Å². The summed E-state index contributed by atoms with van der Waals surface area (Å²) >= 11 is 0. The highest BCUT2D eigenvalue weighted by Crippen LogP contribution is 2.25. The maximum Gasteiger partial charge on any atom is 0.310 e. The molecule has 0 radical (unpaired) electrons. The standard InChI is InChI=1S/C14H16N2O4.H3NO2S/c17-16(18)13-5-1-2-6-14(13)20-10-4-3-7-15-8-11-19-12-9-15;1-4(2)3/h1-2,5-6H,7-12H2;4H,(H2,1,2,3). The van der Waals surface area contributed by atoms with Crippen LogP contribution in [0, 0.1) is 22.0 Å². The number of para-hydroxylation sites is 2. The number of hydrogen-bond donors (Lipinski definition) is 2. The number of benzene rings is 1. The van der Waals surface area contributed by atoms with Crippen LogP contribution in [0.4, 0.5) is 5.69 Å². The van der Waals surface area contributed by atoms with Crippen LogP contribution < -0.4 is 9.88 Å². The Bertz CT molecular complexity index is 654. The highest BCUT2D eigenvalue weighted by molar-refractivity contribution is 7.69. The zero-order valence-corrected chi connectivity index (χ0v) is 13.8. The first-order valence-electron chi connectivity index (χ1n) is 7.02. The predicted octanol–water partition coefficient (Wildman–Crippen LogP) is -0.219. The van der Waals surface area contributed by atoms with Crippen LogP contribution in [-0.2, 0) is 15.6 Å². The highest BCUT2D eigenvalue weighted by atomic mass is 32.2. The van der Waals surface area contributed by atoms with E-state index in [0.717, 1.165) is 26.3 Å². The minimum atomic E-state index is -2.62. The fraction of sp³-hybridized carbons (Fsp3) is 0.429. The van der Waals surface area contributed by atoms with Crippen molar-refractivity contribution in [1.29, 1.82) is 0 Å². The number of nitro benzene ring substituents is 1. The van der Waals surface area contributed by atoms with E-state index in [1.165, 1.54) is 6.07 Å². The Morgan fingerprint density at radius 3 is 2.54 bits per heavy atom. The summed E-state index contributed by atoms with van der Waals surface area (Å²) in [5, 5.41) is 14.9. The van der Waals surface area contributed by atoms with E-state index < -0.39 is 15.8 Å². The third-order valence-electron chi connectivity index (χ3n) is 2.89. The van der Waals surface area contributed by atoms with Gasteiger partial charge in [0, 0.05) is 19.2 Å². The third kappa shape index (κ3) is 8.44. The van der Waals surface area contributed by atoms with Gasteiger partial charge in [-0.05, 0) is 6.07 Å². The van der Waals surface area contributed by atoms with Crippen molar-refractivity contribution >= 4 is 16.6 Å². The van der Waals surface area contributed by atoms with Gasteiger partial charge in [-0.3, -0.25) is 15.0 Å². The molecule has 0 atom stereocenters. The fourth-order valence-corrected chi connectivity index (χ4v) is 1.82. The van der Waals surface area contributed by atoms with Crippen LogP contribution in [0.15, 0.2) is 24.3 Å². The van der Waals surface area contributed by atoms with Crippen molar-refractivity contribution in [2.75, 3.05) is 39.5 Å². The van der Waals surface area contributed by atoms with Crippen molar-refractivity contribution in [2.45, 2.75) is 0 Å². The maximum absolute atomic E-state index is 10.8. The summed E-state index contributed by atoms with van der Waals surface area (Å²) in [4.78, 5) is 12.5. The molecule has 1 fully saturated rings. The largest absolute Gasteiger partial charge is 0.474 e. The minimum absolute atomic E-state index is 0.0394. The van der Waals surface area contributed by atoms with Crippen molar-refractivity contribution in [1.82, 2.24) is 4.90 Å². The first-order valence-corrected chi connectivity index (χ1v) is 8.26. The lowest BCUT2D eigenvalue weighted by atomic mass is 10.3. The van der Waals surface area contributed by atoms with Gasteiger partial charge >= 0.3 is 5.69 Å². The average molecular weight is 357 g/mol. The molecule has 0 amide bonds. The molecule has 0 bridgehead atoms. The first-order chi connectivity index (χ1) is 11.5. The third-order valence-corrected chi connectivity index (χ3v) is 2.89. The summed E-state index contributed by atoms with van der Waals surface area (Å²) in [7, 11) is -2.62. The summed E-state index contributed by atoms with van der Waals surface area (Å²) in [5.74, 6) is 6.12. The monoisotopic (exact) mass is 357 g/mol. The fourth-order valence-electron chi connectivity index (χ4n) is 1.82. The minimum Gasteiger partial charge on any atom is -0.474 e. The van der Waals surface area contributed by atoms with E-state index in [9.17, 15) is 10.1 Å². The van der Waals surface area contributed by atoms with Gasteiger partial charge in [-0.15, -0.1) is 0 Å². The van der Waals surface area contributed by atoms with E-state index in [1.807, 2.05) is 0 Å². The van der Waals surface area contributed by atoms with Crippen molar-refractivity contribution in [3.63, 3.8) is 0 Å². The van der Waals surface area contributed by atoms with Gasteiger partial charge in [0.1, 0.15) is 6.61 Å². The SMILES string of the molecule is N[SH](=O)=O.O=[N+]([O-])c1ccccc1OCC#CCN1CCOCC1. The number of nitro groups is 1. The molecule has 0 saturated carbocycles.